The molecular formula is C73H49N3. The molecule has 2 aliphatic rings. The van der Waals surface area contributed by atoms with Gasteiger partial charge in [0, 0.05) is 50.6 Å². The van der Waals surface area contributed by atoms with Crippen LogP contribution in [0.5, 0.6) is 0 Å². The van der Waals surface area contributed by atoms with Gasteiger partial charge < -0.3 is 14.4 Å². The smallest absolute Gasteiger partial charge is 0.0726 e. The number of nitrogens with zero attached hydrogens (tertiary/aromatic N) is 3. The van der Waals surface area contributed by atoms with E-state index in [1.165, 1.54) is 77.4 Å². The van der Waals surface area contributed by atoms with E-state index >= 15 is 0 Å². The van der Waals surface area contributed by atoms with Crippen LogP contribution in [0.15, 0.2) is 297 Å². The minimum Gasteiger partial charge on any atom is -0.310 e. The van der Waals surface area contributed by atoms with E-state index in [0.29, 0.717) is 0 Å². The molecule has 1 atom stereocenters. The third kappa shape index (κ3) is 6.69. The van der Waals surface area contributed by atoms with E-state index < -0.39 is 5.41 Å². The molecule has 3 heteroatoms. The molecule has 0 radical (unpaired) electrons. The van der Waals surface area contributed by atoms with Crippen molar-refractivity contribution in [2.24, 2.45) is 0 Å². The van der Waals surface area contributed by atoms with Crippen LogP contribution in [-0.2, 0) is 5.41 Å². The fraction of sp³-hybridized carbons (Fsp3) is 0.0137. The molecule has 12 aromatic carbocycles. The number of hydrogen-bond acceptors (Lipinski definition) is 2. The Kier molecular flexibility index (Phi) is 10.1. The lowest BCUT2D eigenvalue weighted by Gasteiger charge is -2.33. The maximum Gasteiger partial charge on any atom is 0.0726 e. The molecule has 356 valence electrons. The van der Waals surface area contributed by atoms with Crippen LogP contribution in [0, 0.1) is 0 Å². The molecule has 1 heterocycles. The van der Waals surface area contributed by atoms with Crippen LogP contribution >= 0.6 is 0 Å². The first-order valence-corrected chi connectivity index (χ1v) is 26.3. The summed E-state index contributed by atoms with van der Waals surface area (Å²) in [4.78, 5) is 4.86. The second kappa shape index (κ2) is 17.6. The number of anilines is 6. The largest absolute Gasteiger partial charge is 0.310 e. The lowest BCUT2D eigenvalue weighted by Crippen LogP contribution is -2.26. The fourth-order valence-electron chi connectivity index (χ4n) is 12.8. The first kappa shape index (κ1) is 43.6. The first-order valence-electron chi connectivity index (χ1n) is 26.3. The quantitative estimate of drug-likeness (QED) is 0.143. The zero-order valence-corrected chi connectivity index (χ0v) is 41.6. The van der Waals surface area contributed by atoms with E-state index in [0.717, 1.165) is 50.9 Å². The molecule has 0 amide bonds. The van der Waals surface area contributed by atoms with Crippen LogP contribution in [0.1, 0.15) is 22.3 Å². The summed E-state index contributed by atoms with van der Waals surface area (Å²) in [6, 6.07) is 109. The van der Waals surface area contributed by atoms with Gasteiger partial charge in [0.1, 0.15) is 0 Å². The van der Waals surface area contributed by atoms with Gasteiger partial charge >= 0.3 is 0 Å². The molecule has 0 N–H and O–H groups in total. The number of aromatic nitrogens is 1. The highest BCUT2D eigenvalue weighted by atomic mass is 15.2. The molecule has 1 spiro atoms. The number of para-hydroxylation sites is 4. The van der Waals surface area contributed by atoms with E-state index in [1.54, 1.807) is 0 Å². The van der Waals surface area contributed by atoms with Gasteiger partial charge in [-0.25, -0.2) is 0 Å². The number of benzene rings is 12. The summed E-state index contributed by atoms with van der Waals surface area (Å²) in [5, 5.41) is 2.54. The predicted octanol–water partition coefficient (Wildman–Crippen LogP) is 19.4. The standard InChI is InChI=1S/C73H49N3/c1-6-22-50(23-7-1)52-38-40-57(41-39-52)74(54-26-10-3-11-27-54)59-46-53(51-24-8-2-9-25-51)47-60(48-59)75(55-28-12-4-13-29-55)58-42-43-62-61-32-16-19-35-65(61)73(68(62)49-58)66-36-20-17-33-63(66)71-67(73)44-45-70-72(71)64-34-18-21-37-69(64)76(70)56-30-14-5-15-31-56/h1-49H. The summed E-state index contributed by atoms with van der Waals surface area (Å²) < 4.78 is 2.45. The topological polar surface area (TPSA) is 11.4 Å². The lowest BCUT2D eigenvalue weighted by molar-refractivity contribution is 0.794. The highest BCUT2D eigenvalue weighted by molar-refractivity contribution is 6.19. The lowest BCUT2D eigenvalue weighted by atomic mass is 9.70. The van der Waals surface area contributed by atoms with Crippen LogP contribution in [0.2, 0.25) is 0 Å². The Bertz CT molecular complexity index is 4320. The maximum absolute atomic E-state index is 2.51. The molecule has 13 aromatic rings. The van der Waals surface area contributed by atoms with Crippen LogP contribution in [0.4, 0.5) is 34.1 Å². The van der Waals surface area contributed by atoms with E-state index in [9.17, 15) is 0 Å². The zero-order valence-electron chi connectivity index (χ0n) is 41.6. The number of rotatable bonds is 9. The highest BCUT2D eigenvalue weighted by Crippen LogP contribution is 2.65. The molecule has 0 aliphatic heterocycles. The van der Waals surface area contributed by atoms with E-state index in [2.05, 4.69) is 312 Å². The van der Waals surface area contributed by atoms with Gasteiger partial charge in [0.25, 0.3) is 0 Å². The van der Waals surface area contributed by atoms with Gasteiger partial charge in [-0.3, -0.25) is 0 Å². The molecule has 0 saturated heterocycles. The summed E-state index contributed by atoms with van der Waals surface area (Å²) in [6.45, 7) is 0. The Labute approximate surface area is 443 Å². The molecule has 3 nitrogen and oxygen atoms in total. The van der Waals surface area contributed by atoms with Crippen molar-refractivity contribution < 1.29 is 0 Å². The molecule has 0 fully saturated rings. The van der Waals surface area contributed by atoms with Gasteiger partial charge in [0.15, 0.2) is 0 Å². The fourth-order valence-corrected chi connectivity index (χ4v) is 12.8. The monoisotopic (exact) mass is 967 g/mol. The third-order valence-electron chi connectivity index (χ3n) is 15.9. The Hall–Kier alpha value is -9.96. The average Bonchev–Trinajstić information content (AvgIpc) is 4.30. The van der Waals surface area contributed by atoms with Crippen molar-refractivity contribution in [2.45, 2.75) is 5.41 Å². The van der Waals surface area contributed by atoms with Gasteiger partial charge in [0.05, 0.1) is 16.4 Å². The van der Waals surface area contributed by atoms with Crippen molar-refractivity contribution in [3.63, 3.8) is 0 Å². The van der Waals surface area contributed by atoms with Gasteiger partial charge in [-0.2, -0.15) is 0 Å². The second-order valence-corrected chi connectivity index (χ2v) is 20.0. The predicted molar refractivity (Wildman–Crippen MR) is 317 cm³/mol. The van der Waals surface area contributed by atoms with E-state index in [1.807, 2.05) is 0 Å². The SMILES string of the molecule is c1ccc(-c2ccc(N(c3ccccc3)c3cc(-c4ccccc4)cc(N(c4ccccc4)c4ccc5c(c4)C4(c6ccccc6-5)c5ccccc5-c5c4ccc4c5c5ccccc5n4-c4ccccc4)c3)cc2)cc1. The molecule has 1 unspecified atom stereocenters. The summed E-state index contributed by atoms with van der Waals surface area (Å²) >= 11 is 0. The first-order chi connectivity index (χ1) is 37.7. The van der Waals surface area contributed by atoms with Crippen molar-refractivity contribution in [1.82, 2.24) is 4.57 Å². The normalized spacial score (nSPS) is 13.8. The maximum atomic E-state index is 2.51. The average molecular weight is 968 g/mol. The highest BCUT2D eigenvalue weighted by Gasteiger charge is 2.52. The molecule has 76 heavy (non-hydrogen) atoms. The Morgan fingerprint density at radius 2 is 0.737 bits per heavy atom. The molecule has 0 saturated carbocycles. The Balaban J connectivity index is 0.972. The number of fused-ring (bicyclic) bond motifs is 14. The van der Waals surface area contributed by atoms with Crippen LogP contribution < -0.4 is 9.80 Å². The number of hydrogen-bond donors (Lipinski definition) is 0. The summed E-state index contributed by atoms with van der Waals surface area (Å²) in [5.74, 6) is 0. The molecule has 0 bridgehead atoms. The second-order valence-electron chi connectivity index (χ2n) is 20.0. The van der Waals surface area contributed by atoms with Crippen molar-refractivity contribution >= 4 is 55.9 Å². The van der Waals surface area contributed by atoms with Gasteiger partial charge in [0.2, 0.25) is 0 Å². The summed E-state index contributed by atoms with van der Waals surface area (Å²) in [6.07, 6.45) is 0. The minimum atomic E-state index is -0.590. The Morgan fingerprint density at radius 3 is 1.39 bits per heavy atom. The third-order valence-corrected chi connectivity index (χ3v) is 15.9. The molecular weight excluding hydrogens is 919 g/mol. The van der Waals surface area contributed by atoms with Crippen molar-refractivity contribution in [3.05, 3.63) is 320 Å². The summed E-state index contributed by atoms with van der Waals surface area (Å²) in [5.41, 5.74) is 24.4. The van der Waals surface area contributed by atoms with Gasteiger partial charge in [-0.1, -0.05) is 206 Å². The van der Waals surface area contributed by atoms with E-state index in [4.69, 9.17) is 0 Å². The van der Waals surface area contributed by atoms with Crippen molar-refractivity contribution in [3.8, 4) is 50.2 Å². The zero-order chi connectivity index (χ0) is 50.2. The summed E-state index contributed by atoms with van der Waals surface area (Å²) in [7, 11) is 0. The molecule has 2 aliphatic carbocycles. The minimum absolute atomic E-state index is 0.590. The van der Waals surface area contributed by atoms with Crippen LogP contribution in [0.3, 0.4) is 0 Å². The van der Waals surface area contributed by atoms with Crippen molar-refractivity contribution in [2.75, 3.05) is 9.80 Å². The Morgan fingerprint density at radius 1 is 0.263 bits per heavy atom. The van der Waals surface area contributed by atoms with Crippen molar-refractivity contribution in [1.29, 1.82) is 0 Å². The molecule has 1 aromatic heterocycles. The van der Waals surface area contributed by atoms with Crippen LogP contribution in [0.25, 0.3) is 72.0 Å². The van der Waals surface area contributed by atoms with Gasteiger partial charge in [-0.15, -0.1) is 0 Å². The van der Waals surface area contributed by atoms with Crippen LogP contribution in [-0.4, -0.2) is 4.57 Å². The van der Waals surface area contributed by atoms with Gasteiger partial charge in [-0.05, 0) is 158 Å². The van der Waals surface area contributed by atoms with E-state index in [-0.39, 0.29) is 0 Å². The molecule has 15 rings (SSSR count).